The molecule has 0 saturated heterocycles. The molecule has 7 nitrogen and oxygen atoms in total. The highest BCUT2D eigenvalue weighted by Crippen LogP contribution is 2.11. The third-order valence-corrected chi connectivity index (χ3v) is 2.07. The molecular weight excluding hydrogens is 194 g/mol. The fourth-order valence-corrected chi connectivity index (χ4v) is 1.44. The Hall–Kier alpha value is -2.44. The number of nitrogens with zero attached hydrogens (tertiary/aromatic N) is 4. The Morgan fingerprint density at radius 1 is 1.33 bits per heavy atom. The number of nitrogens with two attached hydrogens (primary N) is 1. The van der Waals surface area contributed by atoms with Gasteiger partial charge in [-0.1, -0.05) is 4.98 Å². The Balaban J connectivity index is 2.38. The first kappa shape index (κ1) is 7.92. The SMILES string of the molecule is Nc1nc(-[n+]2cc[nH]c2)c2[nH]cnc2n1. The predicted octanol–water partition coefficient (Wildman–Crippen LogP) is -0.460. The molecule has 0 aliphatic rings. The average molecular weight is 202 g/mol. The summed E-state index contributed by atoms with van der Waals surface area (Å²) in [6.45, 7) is 0. The topological polar surface area (TPSA) is 100 Å². The number of H-pyrrole nitrogens is 2. The summed E-state index contributed by atoms with van der Waals surface area (Å²) in [5.74, 6) is 0.884. The molecule has 0 unspecified atom stereocenters. The van der Waals surface area contributed by atoms with Crippen molar-refractivity contribution in [1.29, 1.82) is 0 Å². The molecule has 0 aromatic carbocycles. The van der Waals surface area contributed by atoms with Gasteiger partial charge in [-0.05, 0) is 0 Å². The maximum absolute atomic E-state index is 5.59. The average Bonchev–Trinajstić information content (AvgIpc) is 2.86. The molecule has 15 heavy (non-hydrogen) atoms. The van der Waals surface area contributed by atoms with Crippen molar-refractivity contribution in [2.75, 3.05) is 5.73 Å². The molecule has 0 bridgehead atoms. The van der Waals surface area contributed by atoms with E-state index >= 15 is 0 Å². The normalized spacial score (nSPS) is 10.9. The molecule has 3 heterocycles. The van der Waals surface area contributed by atoms with Gasteiger partial charge in [-0.15, -0.1) is 0 Å². The van der Waals surface area contributed by atoms with E-state index in [1.165, 1.54) is 0 Å². The van der Waals surface area contributed by atoms with Crippen molar-refractivity contribution in [1.82, 2.24) is 24.9 Å². The summed E-state index contributed by atoms with van der Waals surface area (Å²) in [6.07, 6.45) is 6.96. The fourth-order valence-electron chi connectivity index (χ4n) is 1.44. The first-order chi connectivity index (χ1) is 7.34. The molecule has 0 amide bonds. The first-order valence-corrected chi connectivity index (χ1v) is 4.35. The predicted molar refractivity (Wildman–Crippen MR) is 52.0 cm³/mol. The van der Waals surface area contributed by atoms with Gasteiger partial charge >= 0.3 is 0 Å². The summed E-state index contributed by atoms with van der Waals surface area (Å²) in [4.78, 5) is 18.1. The minimum Gasteiger partial charge on any atom is -0.354 e. The summed E-state index contributed by atoms with van der Waals surface area (Å²) >= 11 is 0. The summed E-state index contributed by atoms with van der Waals surface area (Å²) in [7, 11) is 0. The molecule has 3 rings (SSSR count). The molecule has 7 heteroatoms. The van der Waals surface area contributed by atoms with Crippen molar-refractivity contribution in [3.05, 3.63) is 25.0 Å². The number of anilines is 1. The summed E-state index contributed by atoms with van der Waals surface area (Å²) in [5.41, 5.74) is 6.91. The van der Waals surface area contributed by atoms with Crippen molar-refractivity contribution < 1.29 is 4.57 Å². The van der Waals surface area contributed by atoms with Crippen LogP contribution in [0.3, 0.4) is 0 Å². The maximum atomic E-state index is 5.59. The Kier molecular flexibility index (Phi) is 1.46. The van der Waals surface area contributed by atoms with E-state index in [9.17, 15) is 0 Å². The lowest BCUT2D eigenvalue weighted by Crippen LogP contribution is -2.29. The Morgan fingerprint density at radius 3 is 3.07 bits per heavy atom. The lowest BCUT2D eigenvalue weighted by Gasteiger charge is -1.94. The number of rotatable bonds is 1. The second kappa shape index (κ2) is 2.77. The number of fused-ring (bicyclic) bond motifs is 1. The molecule has 0 aliphatic heterocycles. The van der Waals surface area contributed by atoms with Crippen molar-refractivity contribution in [3.8, 4) is 5.82 Å². The number of aromatic nitrogens is 6. The highest BCUT2D eigenvalue weighted by Gasteiger charge is 2.15. The lowest BCUT2D eigenvalue weighted by molar-refractivity contribution is -0.596. The summed E-state index contributed by atoms with van der Waals surface area (Å²) < 4.78 is 1.80. The van der Waals surface area contributed by atoms with Gasteiger partial charge in [0.05, 0.1) is 12.5 Å². The summed E-state index contributed by atoms with van der Waals surface area (Å²) in [5, 5.41) is 0. The van der Waals surface area contributed by atoms with Gasteiger partial charge in [0.15, 0.2) is 17.5 Å². The minimum absolute atomic E-state index is 0.207. The maximum Gasteiger partial charge on any atom is 0.299 e. The molecule has 0 fully saturated rings. The second-order valence-electron chi connectivity index (χ2n) is 3.03. The number of hydrogen-bond donors (Lipinski definition) is 3. The van der Waals surface area contributed by atoms with Gasteiger partial charge in [0.2, 0.25) is 0 Å². The van der Waals surface area contributed by atoms with E-state index < -0.39 is 0 Å². The molecule has 4 N–H and O–H groups in total. The van der Waals surface area contributed by atoms with Crippen LogP contribution in [0.4, 0.5) is 5.95 Å². The fraction of sp³-hybridized carbons (Fsp3) is 0. The van der Waals surface area contributed by atoms with Crippen LogP contribution in [-0.2, 0) is 0 Å². The van der Waals surface area contributed by atoms with Crippen molar-refractivity contribution in [2.24, 2.45) is 0 Å². The van der Waals surface area contributed by atoms with Crippen LogP contribution in [0.2, 0.25) is 0 Å². The van der Waals surface area contributed by atoms with Crippen molar-refractivity contribution in [3.63, 3.8) is 0 Å². The van der Waals surface area contributed by atoms with Crippen LogP contribution in [0.1, 0.15) is 0 Å². The van der Waals surface area contributed by atoms with Crippen LogP contribution in [0.25, 0.3) is 17.0 Å². The van der Waals surface area contributed by atoms with Gasteiger partial charge in [0.25, 0.3) is 11.8 Å². The van der Waals surface area contributed by atoms with E-state index in [4.69, 9.17) is 5.73 Å². The number of hydrogen-bond acceptors (Lipinski definition) is 4. The molecule has 0 saturated carbocycles. The highest BCUT2D eigenvalue weighted by atomic mass is 15.2. The zero-order chi connectivity index (χ0) is 10.3. The largest absolute Gasteiger partial charge is 0.354 e. The van der Waals surface area contributed by atoms with Crippen LogP contribution >= 0.6 is 0 Å². The van der Waals surface area contributed by atoms with E-state index in [2.05, 4.69) is 24.9 Å². The van der Waals surface area contributed by atoms with E-state index in [1.807, 2.05) is 6.20 Å². The third kappa shape index (κ3) is 1.13. The molecule has 0 spiro atoms. The smallest absolute Gasteiger partial charge is 0.299 e. The van der Waals surface area contributed by atoms with Crippen LogP contribution in [0.15, 0.2) is 25.0 Å². The zero-order valence-electron chi connectivity index (χ0n) is 7.68. The Morgan fingerprint density at radius 2 is 2.27 bits per heavy atom. The standard InChI is InChI=1S/C8H7N7/c9-8-13-6-5(11-3-12-6)7(14-8)15-2-1-10-4-15/h1-4H,(H3,9,11,12,13,14)/p+1. The zero-order valence-corrected chi connectivity index (χ0v) is 7.68. The van der Waals surface area contributed by atoms with Gasteiger partial charge in [0, 0.05) is 0 Å². The molecule has 0 radical (unpaired) electrons. The third-order valence-electron chi connectivity index (χ3n) is 2.07. The second-order valence-corrected chi connectivity index (χ2v) is 3.03. The van der Waals surface area contributed by atoms with E-state index in [1.54, 1.807) is 23.4 Å². The lowest BCUT2D eigenvalue weighted by atomic mass is 10.5. The van der Waals surface area contributed by atoms with Crippen LogP contribution in [0, 0.1) is 0 Å². The van der Waals surface area contributed by atoms with Crippen LogP contribution in [0.5, 0.6) is 0 Å². The van der Waals surface area contributed by atoms with E-state index in [-0.39, 0.29) is 5.95 Å². The molecule has 74 valence electrons. The van der Waals surface area contributed by atoms with E-state index in [0.717, 1.165) is 5.52 Å². The van der Waals surface area contributed by atoms with Crippen molar-refractivity contribution >= 4 is 17.1 Å². The number of nitrogens with one attached hydrogen (secondary N) is 2. The number of imidazole rings is 2. The minimum atomic E-state index is 0.207. The van der Waals surface area contributed by atoms with Crippen LogP contribution < -0.4 is 10.3 Å². The van der Waals surface area contributed by atoms with Gasteiger partial charge in [-0.25, -0.2) is 9.55 Å². The van der Waals surface area contributed by atoms with Gasteiger partial charge in [0.1, 0.15) is 6.20 Å². The van der Waals surface area contributed by atoms with Gasteiger partial charge in [-0.2, -0.15) is 4.98 Å². The molecule has 3 aromatic heterocycles. The molecule has 0 aliphatic carbocycles. The molecule has 3 aromatic rings. The van der Waals surface area contributed by atoms with Gasteiger partial charge in [-0.3, -0.25) is 4.98 Å². The highest BCUT2D eigenvalue weighted by molar-refractivity contribution is 5.76. The monoisotopic (exact) mass is 202 g/mol. The number of nitrogen functional groups attached to an aromatic ring is 1. The number of aromatic amines is 2. The quantitative estimate of drug-likeness (QED) is 0.465. The first-order valence-electron chi connectivity index (χ1n) is 4.35. The van der Waals surface area contributed by atoms with E-state index in [0.29, 0.717) is 11.5 Å². The molecular formula is C8H8N7+. The Labute approximate surface area is 84.0 Å². The summed E-state index contributed by atoms with van der Waals surface area (Å²) in [6, 6.07) is 0. The Bertz CT molecular complexity index is 595. The van der Waals surface area contributed by atoms with Crippen LogP contribution in [-0.4, -0.2) is 24.9 Å². The molecule has 0 atom stereocenters. The van der Waals surface area contributed by atoms with Crippen molar-refractivity contribution in [2.45, 2.75) is 0 Å². The van der Waals surface area contributed by atoms with Gasteiger partial charge < -0.3 is 10.7 Å².